The smallest absolute Gasteiger partial charge is 0.316 e. The minimum absolute atomic E-state index is 0.0943. The zero-order valence-corrected chi connectivity index (χ0v) is 16.0. The van der Waals surface area contributed by atoms with E-state index in [0.717, 1.165) is 5.56 Å². The number of hydrogen-bond donors (Lipinski definition) is 1. The number of anilines is 1. The first kappa shape index (κ1) is 20.7. The highest BCUT2D eigenvalue weighted by atomic mass is 35.5. The number of thioether (sulfide) groups is 1. The standard InChI is InChI=1S/C18H17ClN2O5S/c1-12(18(23)20-15-3-2-4-16(9-15)21(24)25)26-17(22)11-27-10-13-5-7-14(19)8-6-13/h2-9,12H,10-11H2,1H3,(H,20,23). The second kappa shape index (κ2) is 9.94. The molecule has 0 saturated carbocycles. The van der Waals surface area contributed by atoms with Crippen LogP contribution in [0.25, 0.3) is 0 Å². The number of ether oxygens (including phenoxy) is 1. The molecule has 0 bridgehead atoms. The number of esters is 1. The average molecular weight is 409 g/mol. The molecule has 2 aromatic rings. The number of halogens is 1. The van der Waals surface area contributed by atoms with E-state index in [0.29, 0.717) is 10.8 Å². The van der Waals surface area contributed by atoms with Crippen LogP contribution in [0.3, 0.4) is 0 Å². The molecule has 0 aromatic heterocycles. The molecule has 0 radical (unpaired) electrons. The minimum atomic E-state index is -1.02. The fourth-order valence-corrected chi connectivity index (χ4v) is 2.95. The van der Waals surface area contributed by atoms with E-state index in [2.05, 4.69) is 5.32 Å². The fraction of sp³-hybridized carbons (Fsp3) is 0.222. The van der Waals surface area contributed by atoms with Crippen molar-refractivity contribution < 1.29 is 19.2 Å². The van der Waals surface area contributed by atoms with Crippen molar-refractivity contribution in [3.05, 3.63) is 69.2 Å². The highest BCUT2D eigenvalue weighted by Gasteiger charge is 2.18. The van der Waals surface area contributed by atoms with Gasteiger partial charge in [0.15, 0.2) is 6.10 Å². The summed E-state index contributed by atoms with van der Waals surface area (Å²) in [6.45, 7) is 1.44. The van der Waals surface area contributed by atoms with Gasteiger partial charge in [0.25, 0.3) is 11.6 Å². The first-order valence-electron chi connectivity index (χ1n) is 7.92. The molecule has 7 nitrogen and oxygen atoms in total. The molecule has 1 unspecified atom stereocenters. The number of carbonyl (C=O) groups is 2. The van der Waals surface area contributed by atoms with E-state index in [9.17, 15) is 19.7 Å². The van der Waals surface area contributed by atoms with Crippen molar-refractivity contribution in [1.29, 1.82) is 0 Å². The highest BCUT2D eigenvalue weighted by molar-refractivity contribution is 7.99. The summed E-state index contributed by atoms with van der Waals surface area (Å²) in [4.78, 5) is 34.1. The predicted molar refractivity (Wildman–Crippen MR) is 105 cm³/mol. The van der Waals surface area contributed by atoms with E-state index in [1.165, 1.54) is 43.0 Å². The van der Waals surface area contributed by atoms with Gasteiger partial charge in [-0.05, 0) is 30.7 Å². The van der Waals surface area contributed by atoms with Gasteiger partial charge in [-0.1, -0.05) is 29.8 Å². The van der Waals surface area contributed by atoms with Crippen LogP contribution in [-0.2, 0) is 20.1 Å². The van der Waals surface area contributed by atoms with Crippen molar-refractivity contribution in [2.45, 2.75) is 18.8 Å². The van der Waals surface area contributed by atoms with Crippen LogP contribution >= 0.6 is 23.4 Å². The van der Waals surface area contributed by atoms with Crippen molar-refractivity contribution in [1.82, 2.24) is 0 Å². The molecule has 0 aliphatic carbocycles. The number of benzene rings is 2. The number of amides is 1. The molecule has 0 aliphatic rings. The van der Waals surface area contributed by atoms with Crippen LogP contribution < -0.4 is 5.32 Å². The molecule has 1 amide bonds. The van der Waals surface area contributed by atoms with Crippen LogP contribution in [0.5, 0.6) is 0 Å². The summed E-state index contributed by atoms with van der Waals surface area (Å²) in [5.74, 6) is -0.375. The van der Waals surface area contributed by atoms with Crippen molar-refractivity contribution in [3.8, 4) is 0 Å². The lowest BCUT2D eigenvalue weighted by Crippen LogP contribution is -2.30. The van der Waals surface area contributed by atoms with Gasteiger partial charge in [-0.15, -0.1) is 11.8 Å². The molecule has 0 heterocycles. The highest BCUT2D eigenvalue weighted by Crippen LogP contribution is 2.18. The molecule has 2 aromatic carbocycles. The van der Waals surface area contributed by atoms with Gasteiger partial charge in [0.1, 0.15) is 0 Å². The molecule has 0 fully saturated rings. The number of carbonyl (C=O) groups excluding carboxylic acids is 2. The van der Waals surface area contributed by atoms with Gasteiger partial charge in [-0.2, -0.15) is 0 Å². The summed E-state index contributed by atoms with van der Waals surface area (Å²) in [5, 5.41) is 13.9. The van der Waals surface area contributed by atoms with Crippen LogP contribution in [0.15, 0.2) is 48.5 Å². The second-order valence-electron chi connectivity index (χ2n) is 5.55. The Bertz CT molecular complexity index is 829. The second-order valence-corrected chi connectivity index (χ2v) is 6.97. The van der Waals surface area contributed by atoms with Crippen molar-refractivity contribution in [2.75, 3.05) is 11.1 Å². The molecule has 142 valence electrons. The van der Waals surface area contributed by atoms with Gasteiger partial charge < -0.3 is 10.1 Å². The van der Waals surface area contributed by atoms with Gasteiger partial charge in [0, 0.05) is 28.6 Å². The number of rotatable bonds is 8. The quantitative estimate of drug-likeness (QED) is 0.402. The van der Waals surface area contributed by atoms with Crippen LogP contribution in [0.2, 0.25) is 5.02 Å². The summed E-state index contributed by atoms with van der Waals surface area (Å²) in [6.07, 6.45) is -1.02. The Hall–Kier alpha value is -2.58. The summed E-state index contributed by atoms with van der Waals surface area (Å²) in [7, 11) is 0. The number of nitrogens with zero attached hydrogens (tertiary/aromatic N) is 1. The predicted octanol–water partition coefficient (Wildman–Crippen LogP) is 4.05. The van der Waals surface area contributed by atoms with E-state index in [1.54, 1.807) is 12.1 Å². The van der Waals surface area contributed by atoms with E-state index < -0.39 is 22.9 Å². The van der Waals surface area contributed by atoms with Gasteiger partial charge in [0.2, 0.25) is 0 Å². The number of nitro groups is 1. The maximum absolute atomic E-state index is 12.1. The zero-order chi connectivity index (χ0) is 19.8. The zero-order valence-electron chi connectivity index (χ0n) is 14.4. The summed E-state index contributed by atoms with van der Waals surface area (Å²) in [6, 6.07) is 12.8. The monoisotopic (exact) mass is 408 g/mol. The molecular weight excluding hydrogens is 392 g/mol. The van der Waals surface area contributed by atoms with Crippen LogP contribution in [-0.4, -0.2) is 28.7 Å². The molecule has 0 aliphatic heterocycles. The number of hydrogen-bond acceptors (Lipinski definition) is 6. The molecule has 0 spiro atoms. The van der Waals surface area contributed by atoms with Gasteiger partial charge in [-0.25, -0.2) is 0 Å². The molecular formula is C18H17ClN2O5S. The van der Waals surface area contributed by atoms with Gasteiger partial charge in [0.05, 0.1) is 10.7 Å². The summed E-state index contributed by atoms with van der Waals surface area (Å²) < 4.78 is 5.09. The average Bonchev–Trinajstić information content (AvgIpc) is 2.63. The van der Waals surface area contributed by atoms with Gasteiger partial charge in [-0.3, -0.25) is 19.7 Å². The van der Waals surface area contributed by atoms with E-state index in [-0.39, 0.29) is 17.1 Å². The SMILES string of the molecule is CC(OC(=O)CSCc1ccc(Cl)cc1)C(=O)Nc1cccc([N+](=O)[O-])c1. The van der Waals surface area contributed by atoms with E-state index in [1.807, 2.05) is 12.1 Å². The Kier molecular flexibility index (Phi) is 7.63. The molecule has 1 atom stereocenters. The minimum Gasteiger partial charge on any atom is -0.452 e. The Morgan fingerprint density at radius 2 is 1.96 bits per heavy atom. The topological polar surface area (TPSA) is 98.5 Å². The molecule has 0 saturated heterocycles. The lowest BCUT2D eigenvalue weighted by molar-refractivity contribution is -0.384. The van der Waals surface area contributed by atoms with Crippen molar-refractivity contribution in [3.63, 3.8) is 0 Å². The van der Waals surface area contributed by atoms with Crippen molar-refractivity contribution in [2.24, 2.45) is 0 Å². The third-order valence-corrected chi connectivity index (χ3v) is 4.63. The Labute approximate surface area is 165 Å². The van der Waals surface area contributed by atoms with E-state index in [4.69, 9.17) is 16.3 Å². The molecule has 9 heteroatoms. The largest absolute Gasteiger partial charge is 0.452 e. The third kappa shape index (κ3) is 6.92. The molecule has 2 rings (SSSR count). The molecule has 1 N–H and O–H groups in total. The van der Waals surface area contributed by atoms with Crippen LogP contribution in [0, 0.1) is 10.1 Å². The number of nitro benzene ring substituents is 1. The maximum Gasteiger partial charge on any atom is 0.316 e. The Morgan fingerprint density at radius 1 is 1.26 bits per heavy atom. The number of non-ortho nitro benzene ring substituents is 1. The Balaban J connectivity index is 1.77. The summed E-state index contributed by atoms with van der Waals surface area (Å²) >= 11 is 7.17. The third-order valence-electron chi connectivity index (χ3n) is 3.40. The van der Waals surface area contributed by atoms with E-state index >= 15 is 0 Å². The number of nitrogens with one attached hydrogen (secondary N) is 1. The summed E-state index contributed by atoms with van der Waals surface area (Å²) in [5.41, 5.74) is 1.14. The maximum atomic E-state index is 12.1. The first-order valence-corrected chi connectivity index (χ1v) is 9.45. The van der Waals surface area contributed by atoms with Crippen molar-refractivity contribution >= 4 is 46.6 Å². The van der Waals surface area contributed by atoms with Gasteiger partial charge >= 0.3 is 5.97 Å². The normalized spacial score (nSPS) is 11.5. The van der Waals surface area contributed by atoms with Crippen LogP contribution in [0.1, 0.15) is 12.5 Å². The lowest BCUT2D eigenvalue weighted by atomic mass is 10.2. The Morgan fingerprint density at radius 3 is 2.63 bits per heavy atom. The first-order chi connectivity index (χ1) is 12.8. The fourth-order valence-electron chi connectivity index (χ4n) is 2.06. The molecule has 27 heavy (non-hydrogen) atoms. The van der Waals surface area contributed by atoms with Crippen LogP contribution in [0.4, 0.5) is 11.4 Å². The lowest BCUT2D eigenvalue weighted by Gasteiger charge is -2.13.